The maximum atomic E-state index is 12.1. The van der Waals surface area contributed by atoms with E-state index in [2.05, 4.69) is 20.4 Å². The zero-order chi connectivity index (χ0) is 18.0. The first-order valence-electron chi connectivity index (χ1n) is 8.47. The number of nitrogens with zero attached hydrogens (tertiary/aromatic N) is 4. The van der Waals surface area contributed by atoms with Crippen molar-refractivity contribution >= 4 is 11.9 Å². The van der Waals surface area contributed by atoms with Gasteiger partial charge < -0.3 is 10.2 Å². The molecular formula is C17H24N6O2. The monoisotopic (exact) mass is 344 g/mol. The number of hydrogen-bond acceptors (Lipinski definition) is 5. The Morgan fingerprint density at radius 1 is 1.44 bits per heavy atom. The van der Waals surface area contributed by atoms with E-state index in [9.17, 15) is 9.59 Å². The van der Waals surface area contributed by atoms with E-state index in [4.69, 9.17) is 0 Å². The summed E-state index contributed by atoms with van der Waals surface area (Å²) in [4.78, 5) is 32.8. The number of aromatic nitrogens is 4. The first-order chi connectivity index (χ1) is 11.9. The number of hydrogen-bond donors (Lipinski definition) is 2. The van der Waals surface area contributed by atoms with Gasteiger partial charge in [-0.1, -0.05) is 0 Å². The zero-order valence-electron chi connectivity index (χ0n) is 14.8. The normalized spacial score (nSPS) is 19.3. The highest BCUT2D eigenvalue weighted by molar-refractivity contribution is 5.76. The predicted molar refractivity (Wildman–Crippen MR) is 94.6 cm³/mol. The molecule has 3 rings (SSSR count). The summed E-state index contributed by atoms with van der Waals surface area (Å²) in [6.45, 7) is 0. The van der Waals surface area contributed by atoms with Crippen molar-refractivity contribution in [2.75, 3.05) is 19.0 Å². The van der Waals surface area contributed by atoms with E-state index in [-0.39, 0.29) is 23.4 Å². The molecule has 0 radical (unpaired) electrons. The molecule has 2 aromatic heterocycles. The van der Waals surface area contributed by atoms with E-state index in [1.807, 2.05) is 27.2 Å². The van der Waals surface area contributed by atoms with Crippen LogP contribution >= 0.6 is 0 Å². The van der Waals surface area contributed by atoms with Crippen molar-refractivity contribution < 1.29 is 4.79 Å². The molecule has 0 saturated heterocycles. The van der Waals surface area contributed by atoms with Gasteiger partial charge in [-0.25, -0.2) is 4.98 Å². The summed E-state index contributed by atoms with van der Waals surface area (Å²) in [5.74, 6) is 0.840. The minimum absolute atomic E-state index is 0.0532. The molecule has 0 unspecified atom stereocenters. The van der Waals surface area contributed by atoms with Crippen LogP contribution in [-0.4, -0.2) is 45.8 Å². The minimum Gasteiger partial charge on any atom is -0.353 e. The van der Waals surface area contributed by atoms with Gasteiger partial charge in [0.1, 0.15) is 0 Å². The van der Waals surface area contributed by atoms with Crippen LogP contribution < -0.4 is 15.8 Å². The van der Waals surface area contributed by atoms with Crippen molar-refractivity contribution in [3.8, 4) is 0 Å². The zero-order valence-corrected chi connectivity index (χ0v) is 14.8. The number of nitrogens with one attached hydrogen (secondary N) is 2. The molecule has 2 N–H and O–H groups in total. The molecule has 1 aliphatic carbocycles. The Morgan fingerprint density at radius 2 is 2.20 bits per heavy atom. The van der Waals surface area contributed by atoms with Crippen molar-refractivity contribution in [1.29, 1.82) is 0 Å². The summed E-state index contributed by atoms with van der Waals surface area (Å²) in [7, 11) is 5.56. The molecule has 0 spiro atoms. The molecule has 0 aliphatic heterocycles. The van der Waals surface area contributed by atoms with E-state index in [1.54, 1.807) is 21.8 Å². The van der Waals surface area contributed by atoms with Gasteiger partial charge in [-0.15, -0.1) is 0 Å². The van der Waals surface area contributed by atoms with E-state index < -0.39 is 0 Å². The van der Waals surface area contributed by atoms with Crippen molar-refractivity contribution in [1.82, 2.24) is 25.1 Å². The third-order valence-electron chi connectivity index (χ3n) is 4.62. The van der Waals surface area contributed by atoms with Crippen LogP contribution in [0.15, 0.2) is 23.1 Å². The predicted octanol–water partition coefficient (Wildman–Crippen LogP) is 0.564. The van der Waals surface area contributed by atoms with Gasteiger partial charge in [-0.2, -0.15) is 5.10 Å². The van der Waals surface area contributed by atoms with Gasteiger partial charge in [0, 0.05) is 57.5 Å². The highest BCUT2D eigenvalue weighted by Gasteiger charge is 2.32. The highest BCUT2D eigenvalue weighted by atomic mass is 16.1. The second kappa shape index (κ2) is 7.08. The number of amides is 1. The number of rotatable bonds is 6. The molecule has 8 heteroatoms. The van der Waals surface area contributed by atoms with Crippen molar-refractivity contribution in [3.63, 3.8) is 0 Å². The fraction of sp³-hybridized carbons (Fsp3) is 0.529. The molecule has 2 aromatic rings. The second-order valence-corrected chi connectivity index (χ2v) is 6.77. The summed E-state index contributed by atoms with van der Waals surface area (Å²) >= 11 is 0. The third-order valence-corrected chi connectivity index (χ3v) is 4.62. The average molecular weight is 344 g/mol. The number of H-pyrrole nitrogens is 1. The summed E-state index contributed by atoms with van der Waals surface area (Å²) < 4.78 is 1.79. The molecule has 0 bridgehead atoms. The fourth-order valence-corrected chi connectivity index (χ4v) is 3.05. The lowest BCUT2D eigenvalue weighted by atomic mass is 9.78. The van der Waals surface area contributed by atoms with E-state index in [0.29, 0.717) is 18.8 Å². The Hall–Kier alpha value is -2.64. The van der Waals surface area contributed by atoms with Gasteiger partial charge in [0.25, 0.3) is 5.56 Å². The van der Waals surface area contributed by atoms with Crippen molar-refractivity contribution in [3.05, 3.63) is 40.1 Å². The van der Waals surface area contributed by atoms with E-state index in [0.717, 1.165) is 24.2 Å². The molecule has 1 fully saturated rings. The van der Waals surface area contributed by atoms with Gasteiger partial charge in [0.15, 0.2) is 0 Å². The second-order valence-electron chi connectivity index (χ2n) is 6.77. The van der Waals surface area contributed by atoms with Gasteiger partial charge in [-0.3, -0.25) is 19.3 Å². The SMILES string of the molecule is CN(C)c1nc(C2CC(NC(=O)CCc3ccnn3C)C2)cc(=O)[nH]1. The molecule has 25 heavy (non-hydrogen) atoms. The first kappa shape index (κ1) is 17.2. The standard InChI is InChI=1S/C17H24N6O2/c1-22(2)17-20-14(10-16(25)21-17)11-8-12(9-11)19-15(24)5-4-13-6-7-18-23(13)3/h6-7,10-12H,4-5,8-9H2,1-3H3,(H,19,24)(H,20,21,25). The minimum atomic E-state index is -0.141. The molecule has 1 saturated carbocycles. The van der Waals surface area contributed by atoms with Crippen molar-refractivity contribution in [2.24, 2.45) is 7.05 Å². The quantitative estimate of drug-likeness (QED) is 0.798. The number of aryl methyl sites for hydroxylation is 2. The topological polar surface area (TPSA) is 95.9 Å². The Morgan fingerprint density at radius 3 is 2.84 bits per heavy atom. The maximum Gasteiger partial charge on any atom is 0.252 e. The first-order valence-corrected chi connectivity index (χ1v) is 8.47. The van der Waals surface area contributed by atoms with Gasteiger partial charge in [-0.05, 0) is 25.3 Å². The van der Waals surface area contributed by atoms with Gasteiger partial charge in [0.05, 0.1) is 5.69 Å². The smallest absolute Gasteiger partial charge is 0.252 e. The third kappa shape index (κ3) is 4.07. The maximum absolute atomic E-state index is 12.1. The van der Waals surface area contributed by atoms with Crippen LogP contribution in [0.1, 0.15) is 36.6 Å². The number of carbonyl (C=O) groups is 1. The Balaban J connectivity index is 1.49. The lowest BCUT2D eigenvalue weighted by Crippen LogP contribution is -2.44. The molecule has 0 atom stereocenters. The highest BCUT2D eigenvalue weighted by Crippen LogP contribution is 2.35. The van der Waals surface area contributed by atoms with Crippen LogP contribution in [-0.2, 0) is 18.3 Å². The molecule has 0 aromatic carbocycles. The molecule has 2 heterocycles. The van der Waals surface area contributed by atoms with Gasteiger partial charge >= 0.3 is 0 Å². The van der Waals surface area contributed by atoms with Crippen LogP contribution in [0.4, 0.5) is 5.95 Å². The summed E-state index contributed by atoms with van der Waals surface area (Å²) in [6.07, 6.45) is 4.51. The Kier molecular flexibility index (Phi) is 4.87. The number of aromatic amines is 1. The number of carbonyl (C=O) groups excluding carboxylic acids is 1. The van der Waals surface area contributed by atoms with E-state index >= 15 is 0 Å². The van der Waals surface area contributed by atoms with E-state index in [1.165, 1.54) is 0 Å². The lowest BCUT2D eigenvalue weighted by molar-refractivity contribution is -0.122. The van der Waals surface area contributed by atoms with Crippen molar-refractivity contribution in [2.45, 2.75) is 37.6 Å². The van der Waals surface area contributed by atoms with Crippen LogP contribution in [0.3, 0.4) is 0 Å². The van der Waals surface area contributed by atoms with Crippen LogP contribution in [0.2, 0.25) is 0 Å². The number of anilines is 1. The molecule has 8 nitrogen and oxygen atoms in total. The summed E-state index contributed by atoms with van der Waals surface area (Å²) in [5.41, 5.74) is 1.70. The summed E-state index contributed by atoms with van der Waals surface area (Å²) in [5, 5.41) is 7.16. The van der Waals surface area contributed by atoms with Gasteiger partial charge in [0.2, 0.25) is 11.9 Å². The molecule has 134 valence electrons. The Labute approximate surface area is 146 Å². The molecular weight excluding hydrogens is 320 g/mol. The van der Waals surface area contributed by atoms with Crippen LogP contribution in [0, 0.1) is 0 Å². The Bertz CT molecular complexity index is 803. The van der Waals surface area contributed by atoms with Crippen LogP contribution in [0.25, 0.3) is 0 Å². The fourth-order valence-electron chi connectivity index (χ4n) is 3.05. The summed E-state index contributed by atoms with van der Waals surface area (Å²) in [6, 6.07) is 3.64. The molecule has 1 amide bonds. The lowest BCUT2D eigenvalue weighted by Gasteiger charge is -2.35. The van der Waals surface area contributed by atoms with Crippen LogP contribution in [0.5, 0.6) is 0 Å². The average Bonchev–Trinajstić information content (AvgIpc) is 2.93. The molecule has 1 aliphatic rings. The largest absolute Gasteiger partial charge is 0.353 e.